The highest BCUT2D eigenvalue weighted by Gasteiger charge is 2.52. The molecule has 2 aromatic rings. The summed E-state index contributed by atoms with van der Waals surface area (Å²) in [6, 6.07) is 16.8. The summed E-state index contributed by atoms with van der Waals surface area (Å²) >= 11 is 1.47. The van der Waals surface area contributed by atoms with E-state index in [0.29, 0.717) is 35.4 Å². The number of carbonyl (C=O) groups is 3. The number of amides is 4. The first kappa shape index (κ1) is 29.4. The molecule has 4 amide bonds. The predicted octanol–water partition coefficient (Wildman–Crippen LogP) is 4.55. The number of hydrogen-bond acceptors (Lipinski definition) is 7. The van der Waals surface area contributed by atoms with Gasteiger partial charge in [0.2, 0.25) is 0 Å². The lowest BCUT2D eigenvalue weighted by atomic mass is 9.86. The average molecular weight is 625 g/mol. The van der Waals surface area contributed by atoms with E-state index in [-0.39, 0.29) is 46.8 Å². The van der Waals surface area contributed by atoms with Gasteiger partial charge in [-0.3, -0.25) is 14.5 Å². The van der Waals surface area contributed by atoms with E-state index in [0.717, 1.165) is 55.6 Å². The first-order chi connectivity index (χ1) is 21.9. The maximum Gasteiger partial charge on any atom is 0.326 e. The molecule has 2 aromatic carbocycles. The quantitative estimate of drug-likeness (QED) is 0.305. The molecule has 4 heterocycles. The number of nitriles is 1. The molecule has 3 saturated heterocycles. The Morgan fingerprint density at radius 3 is 2.69 bits per heavy atom. The van der Waals surface area contributed by atoms with Gasteiger partial charge in [-0.2, -0.15) is 5.26 Å². The highest BCUT2D eigenvalue weighted by molar-refractivity contribution is 8.04. The van der Waals surface area contributed by atoms with Gasteiger partial charge < -0.3 is 25.6 Å². The molecule has 1 saturated carbocycles. The van der Waals surface area contributed by atoms with Gasteiger partial charge in [0.1, 0.15) is 23.1 Å². The molecule has 0 radical (unpaired) electrons. The summed E-state index contributed by atoms with van der Waals surface area (Å²) in [4.78, 5) is 44.5. The van der Waals surface area contributed by atoms with Gasteiger partial charge in [-0.15, -0.1) is 0 Å². The highest BCUT2D eigenvalue weighted by atomic mass is 32.2. The zero-order chi connectivity index (χ0) is 31.1. The number of para-hydroxylation sites is 1. The molecule has 3 N–H and O–H groups in total. The molecule has 10 nitrogen and oxygen atoms in total. The molecule has 1 aliphatic carbocycles. The van der Waals surface area contributed by atoms with Crippen molar-refractivity contribution < 1.29 is 19.1 Å². The Morgan fingerprint density at radius 2 is 1.93 bits per heavy atom. The predicted molar refractivity (Wildman–Crippen MR) is 171 cm³/mol. The van der Waals surface area contributed by atoms with Crippen LogP contribution in [0.15, 0.2) is 70.8 Å². The van der Waals surface area contributed by atoms with Crippen molar-refractivity contribution in [1.82, 2.24) is 20.9 Å². The first-order valence-corrected chi connectivity index (χ1v) is 16.6. The SMILES string of the molecule is Cc1cc(Oc2ccccc2)ccc1N1C(=O)NC2=C(C(=O)NC3CCCN(C(=O)/C(C#N)=C/C4CC4)C3)SC3NCCC1C23. The van der Waals surface area contributed by atoms with Crippen LogP contribution in [0.5, 0.6) is 11.5 Å². The van der Waals surface area contributed by atoms with Crippen molar-refractivity contribution in [3.63, 3.8) is 0 Å². The van der Waals surface area contributed by atoms with E-state index in [1.807, 2.05) is 60.4 Å². The number of aryl methyl sites for hydroxylation is 1. The lowest BCUT2D eigenvalue weighted by molar-refractivity contribution is -0.129. The van der Waals surface area contributed by atoms with Gasteiger partial charge in [0, 0.05) is 36.4 Å². The molecule has 0 spiro atoms. The Hall–Kier alpha value is -4.27. The number of allylic oxidation sites excluding steroid dienone is 1. The number of hydrogen-bond donors (Lipinski definition) is 3. The molecule has 0 aromatic heterocycles. The van der Waals surface area contributed by atoms with Crippen LogP contribution in [-0.2, 0) is 9.59 Å². The fourth-order valence-electron chi connectivity index (χ4n) is 6.84. The van der Waals surface area contributed by atoms with Crippen LogP contribution in [-0.4, -0.2) is 59.8 Å². The minimum atomic E-state index is -0.256. The Kier molecular flexibility index (Phi) is 8.02. The van der Waals surface area contributed by atoms with E-state index >= 15 is 0 Å². The van der Waals surface area contributed by atoms with Crippen molar-refractivity contribution in [3.8, 4) is 17.6 Å². The van der Waals surface area contributed by atoms with Crippen molar-refractivity contribution in [2.24, 2.45) is 11.8 Å². The lowest BCUT2D eigenvalue weighted by Crippen LogP contribution is -2.62. The number of thioether (sulfide) groups is 1. The summed E-state index contributed by atoms with van der Waals surface area (Å²) in [7, 11) is 0. The highest BCUT2D eigenvalue weighted by Crippen LogP contribution is 2.48. The van der Waals surface area contributed by atoms with E-state index in [1.54, 1.807) is 11.0 Å². The van der Waals surface area contributed by atoms with Crippen molar-refractivity contribution in [2.75, 3.05) is 24.5 Å². The Labute approximate surface area is 266 Å². The third-order valence-corrected chi connectivity index (χ3v) is 10.5. The summed E-state index contributed by atoms with van der Waals surface area (Å²) in [6.45, 7) is 3.64. The summed E-state index contributed by atoms with van der Waals surface area (Å²) < 4.78 is 6.01. The van der Waals surface area contributed by atoms with Crippen molar-refractivity contribution >= 4 is 35.3 Å². The number of anilines is 1. The van der Waals surface area contributed by atoms with Crippen LogP contribution in [0.1, 0.15) is 37.7 Å². The van der Waals surface area contributed by atoms with Crippen LogP contribution >= 0.6 is 11.8 Å². The second kappa shape index (κ2) is 12.3. The Morgan fingerprint density at radius 1 is 1.11 bits per heavy atom. The van der Waals surface area contributed by atoms with Crippen molar-refractivity contribution in [1.29, 1.82) is 5.26 Å². The van der Waals surface area contributed by atoms with Gasteiger partial charge in [0.15, 0.2) is 0 Å². The van der Waals surface area contributed by atoms with Crippen LogP contribution in [0.3, 0.4) is 0 Å². The van der Waals surface area contributed by atoms with Gasteiger partial charge in [-0.05, 0) is 87.4 Å². The van der Waals surface area contributed by atoms with Gasteiger partial charge >= 0.3 is 6.03 Å². The van der Waals surface area contributed by atoms with Crippen LogP contribution in [0.2, 0.25) is 0 Å². The number of urea groups is 1. The van der Waals surface area contributed by atoms with Crippen LogP contribution in [0, 0.1) is 30.1 Å². The first-order valence-electron chi connectivity index (χ1n) is 15.7. The Balaban J connectivity index is 1.07. The van der Waals surface area contributed by atoms with Crippen molar-refractivity contribution in [2.45, 2.75) is 56.5 Å². The summed E-state index contributed by atoms with van der Waals surface area (Å²) in [6.07, 6.45) is 6.08. The number of nitrogens with zero attached hydrogens (tertiary/aromatic N) is 3. The van der Waals surface area contributed by atoms with E-state index in [2.05, 4.69) is 22.0 Å². The fraction of sp³-hybridized carbons (Fsp3) is 0.412. The number of rotatable bonds is 7. The lowest BCUT2D eigenvalue weighted by Gasteiger charge is -2.46. The Bertz CT molecular complexity index is 1630. The van der Waals surface area contributed by atoms with E-state index in [9.17, 15) is 19.6 Å². The number of piperidine rings is 2. The molecule has 0 bridgehead atoms. The molecule has 232 valence electrons. The van der Waals surface area contributed by atoms with Gasteiger partial charge in [0.25, 0.3) is 11.8 Å². The molecule has 4 aliphatic heterocycles. The maximum absolute atomic E-state index is 13.7. The smallest absolute Gasteiger partial charge is 0.326 e. The molecule has 5 aliphatic rings. The minimum Gasteiger partial charge on any atom is -0.457 e. The molecular weight excluding hydrogens is 588 g/mol. The summed E-state index contributed by atoms with van der Waals surface area (Å²) in [5, 5.41) is 19.3. The topological polar surface area (TPSA) is 127 Å². The largest absolute Gasteiger partial charge is 0.457 e. The fourth-order valence-corrected chi connectivity index (χ4v) is 8.24. The van der Waals surface area contributed by atoms with E-state index in [1.165, 1.54) is 11.8 Å². The van der Waals surface area contributed by atoms with Crippen LogP contribution in [0.25, 0.3) is 0 Å². The second-order valence-corrected chi connectivity index (χ2v) is 13.5. The minimum absolute atomic E-state index is 0.0428. The van der Waals surface area contributed by atoms with Crippen LogP contribution in [0.4, 0.5) is 10.5 Å². The van der Waals surface area contributed by atoms with E-state index in [4.69, 9.17) is 4.74 Å². The number of ether oxygens (including phenoxy) is 1. The zero-order valence-corrected chi connectivity index (χ0v) is 25.9. The molecule has 4 unspecified atom stereocenters. The standard InChI is InChI=1S/C34H36N6O4S/c1-20-16-25(44-24-7-3-2-4-8-24)11-12-26(20)40-27-13-14-36-32-28(27)29(38-34(40)43)30(45-32)31(41)37-23-6-5-15-39(19-23)33(42)22(18-35)17-21-9-10-21/h2-4,7-8,11-12,16-17,21,23,27-28,32,36H,5-6,9-10,13-15,19H2,1H3,(H,37,41)(H,38,43)/b22-17+. The third-order valence-electron chi connectivity index (χ3n) is 9.17. The second-order valence-electron chi connectivity index (χ2n) is 12.4. The molecule has 45 heavy (non-hydrogen) atoms. The zero-order valence-electron chi connectivity index (χ0n) is 25.1. The van der Waals surface area contributed by atoms with Gasteiger partial charge in [-0.1, -0.05) is 36.0 Å². The molecule has 4 atom stereocenters. The number of benzene rings is 2. The number of carbonyl (C=O) groups excluding carboxylic acids is 3. The molecule has 4 fully saturated rings. The summed E-state index contributed by atoms with van der Waals surface area (Å²) in [5.74, 6) is 1.21. The van der Waals surface area contributed by atoms with Gasteiger partial charge in [-0.25, -0.2) is 4.79 Å². The third kappa shape index (κ3) is 5.92. The van der Waals surface area contributed by atoms with Crippen LogP contribution < -0.4 is 25.6 Å². The molecule has 7 rings (SSSR count). The normalized spacial score (nSPS) is 26.1. The number of likely N-dealkylation sites (tertiary alicyclic amines) is 1. The molecular formula is C34H36N6O4S. The maximum atomic E-state index is 13.7. The van der Waals surface area contributed by atoms with E-state index < -0.39 is 0 Å². The monoisotopic (exact) mass is 624 g/mol. The molecule has 11 heteroatoms. The number of nitrogens with one attached hydrogen (secondary N) is 3. The van der Waals surface area contributed by atoms with Gasteiger partial charge in [0.05, 0.1) is 16.3 Å². The van der Waals surface area contributed by atoms with Crippen molar-refractivity contribution in [3.05, 3.63) is 76.3 Å². The summed E-state index contributed by atoms with van der Waals surface area (Å²) in [5.41, 5.74) is 2.61. The average Bonchev–Trinajstić information content (AvgIpc) is 3.80.